The lowest BCUT2D eigenvalue weighted by atomic mass is 10.3. The Morgan fingerprint density at radius 3 is 2.89 bits per heavy atom. The number of nitrogens with zero attached hydrogens (tertiary/aromatic N) is 3. The number of anilines is 1. The number of nitrogens with one attached hydrogen (secondary N) is 2. The van der Waals surface area contributed by atoms with Crippen LogP contribution in [0.2, 0.25) is 5.02 Å². The molecule has 0 atom stereocenters. The van der Waals surface area contributed by atoms with Gasteiger partial charge in [-0.05, 0) is 12.1 Å². The van der Waals surface area contributed by atoms with Gasteiger partial charge in [0.1, 0.15) is 6.33 Å². The van der Waals surface area contributed by atoms with Crippen molar-refractivity contribution in [1.82, 2.24) is 20.0 Å². The van der Waals surface area contributed by atoms with E-state index in [0.29, 0.717) is 17.3 Å². The molecule has 2 aromatic rings. The number of hydrazine groups is 1. The van der Waals surface area contributed by atoms with Crippen LogP contribution in [0.1, 0.15) is 0 Å². The number of aromatic nitrogens is 3. The van der Waals surface area contributed by atoms with E-state index in [4.69, 9.17) is 11.6 Å². The van der Waals surface area contributed by atoms with Gasteiger partial charge in [-0.2, -0.15) is 4.98 Å². The Kier molecular flexibility index (Phi) is 4.27. The topological polar surface area (TPSA) is 71.8 Å². The first-order valence-electron chi connectivity index (χ1n) is 5.52. The highest BCUT2D eigenvalue weighted by atomic mass is 35.5. The molecule has 0 aliphatic carbocycles. The molecule has 0 saturated carbocycles. The minimum absolute atomic E-state index is 0.190. The first-order chi connectivity index (χ1) is 9.22. The number of hydrogen-bond acceptors (Lipinski definition) is 5. The molecule has 0 bridgehead atoms. The molecule has 2 N–H and O–H groups in total. The van der Waals surface area contributed by atoms with Crippen molar-refractivity contribution in [1.29, 1.82) is 0 Å². The smallest absolute Gasteiger partial charge is 0.289 e. The standard InChI is InChI=1S/C12H12ClN5O/c1-2-7-15-17-11-14-8-18(12(19)16-11)10-6-4-3-5-9(10)13/h2-6,8,15H,1,7H2,(H,16,17,19). The summed E-state index contributed by atoms with van der Waals surface area (Å²) >= 11 is 6.02. The normalized spacial score (nSPS) is 10.2. The summed E-state index contributed by atoms with van der Waals surface area (Å²) in [6.07, 6.45) is 3.03. The quantitative estimate of drug-likeness (QED) is 0.491. The minimum atomic E-state index is -0.467. The lowest BCUT2D eigenvalue weighted by Gasteiger charge is -2.08. The highest BCUT2D eigenvalue weighted by Gasteiger charge is 2.06. The molecule has 6 nitrogen and oxygen atoms in total. The van der Waals surface area contributed by atoms with E-state index >= 15 is 0 Å². The summed E-state index contributed by atoms with van der Waals surface area (Å²) in [5, 5.41) is 0.457. The van der Waals surface area contributed by atoms with Crippen LogP contribution in [0.3, 0.4) is 0 Å². The Hall–Kier alpha value is -2.18. The first-order valence-corrected chi connectivity index (χ1v) is 5.90. The van der Waals surface area contributed by atoms with Crippen molar-refractivity contribution in [3.63, 3.8) is 0 Å². The maximum Gasteiger partial charge on any atom is 0.356 e. The number of para-hydroxylation sites is 1. The van der Waals surface area contributed by atoms with E-state index < -0.39 is 5.69 Å². The molecule has 0 saturated heterocycles. The SMILES string of the molecule is C=CCNNc1ncn(-c2ccccc2Cl)c(=O)n1. The molecule has 0 fully saturated rings. The van der Waals surface area contributed by atoms with Gasteiger partial charge in [0.2, 0.25) is 5.95 Å². The van der Waals surface area contributed by atoms with Gasteiger partial charge in [-0.3, -0.25) is 5.43 Å². The van der Waals surface area contributed by atoms with Crippen molar-refractivity contribution >= 4 is 17.5 Å². The zero-order valence-corrected chi connectivity index (χ0v) is 10.8. The number of halogens is 1. The molecule has 0 radical (unpaired) electrons. The molecule has 1 aromatic carbocycles. The molecule has 2 rings (SSSR count). The number of benzene rings is 1. The maximum atomic E-state index is 11.9. The third-order valence-electron chi connectivity index (χ3n) is 2.26. The van der Waals surface area contributed by atoms with E-state index in [1.807, 2.05) is 0 Å². The van der Waals surface area contributed by atoms with Crippen LogP contribution in [0.25, 0.3) is 5.69 Å². The molecular weight excluding hydrogens is 266 g/mol. The van der Waals surface area contributed by atoms with Crippen molar-refractivity contribution in [3.05, 3.63) is 58.8 Å². The largest absolute Gasteiger partial charge is 0.356 e. The fourth-order valence-electron chi connectivity index (χ4n) is 1.41. The van der Waals surface area contributed by atoms with Gasteiger partial charge in [-0.15, -0.1) is 6.58 Å². The zero-order chi connectivity index (χ0) is 13.7. The highest BCUT2D eigenvalue weighted by molar-refractivity contribution is 6.32. The average Bonchev–Trinajstić information content (AvgIpc) is 2.40. The van der Waals surface area contributed by atoms with Crippen LogP contribution < -0.4 is 16.5 Å². The summed E-state index contributed by atoms with van der Waals surface area (Å²) in [7, 11) is 0. The highest BCUT2D eigenvalue weighted by Crippen LogP contribution is 2.17. The van der Waals surface area contributed by atoms with Crippen molar-refractivity contribution in [2.45, 2.75) is 0 Å². The van der Waals surface area contributed by atoms with Crippen LogP contribution in [0.4, 0.5) is 5.95 Å². The van der Waals surface area contributed by atoms with Crippen LogP contribution in [-0.4, -0.2) is 21.1 Å². The molecular formula is C12H12ClN5O. The Bertz CT molecular complexity index is 640. The van der Waals surface area contributed by atoms with Crippen molar-refractivity contribution in [3.8, 4) is 5.69 Å². The Labute approximate surface area is 114 Å². The Morgan fingerprint density at radius 2 is 2.21 bits per heavy atom. The van der Waals surface area contributed by atoms with Gasteiger partial charge in [-0.25, -0.2) is 19.8 Å². The monoisotopic (exact) mass is 277 g/mol. The molecule has 0 unspecified atom stereocenters. The first kappa shape index (κ1) is 13.3. The van der Waals surface area contributed by atoms with Gasteiger partial charge < -0.3 is 0 Å². The van der Waals surface area contributed by atoms with E-state index in [0.717, 1.165) is 0 Å². The Balaban J connectivity index is 2.27. The molecule has 7 heteroatoms. The summed E-state index contributed by atoms with van der Waals surface area (Å²) in [6, 6.07) is 6.98. The van der Waals surface area contributed by atoms with Gasteiger partial charge >= 0.3 is 5.69 Å². The fraction of sp³-hybridized carbons (Fsp3) is 0.0833. The van der Waals surface area contributed by atoms with E-state index in [9.17, 15) is 4.79 Å². The molecule has 0 spiro atoms. The molecule has 19 heavy (non-hydrogen) atoms. The predicted octanol–water partition coefficient (Wildman–Crippen LogP) is 1.38. The summed E-state index contributed by atoms with van der Waals surface area (Å²) < 4.78 is 1.28. The lowest BCUT2D eigenvalue weighted by Crippen LogP contribution is -2.28. The van der Waals surface area contributed by atoms with Crippen molar-refractivity contribution in [2.75, 3.05) is 12.0 Å². The van der Waals surface area contributed by atoms with Gasteiger partial charge in [-0.1, -0.05) is 29.8 Å². The average molecular weight is 278 g/mol. The third kappa shape index (κ3) is 3.18. The van der Waals surface area contributed by atoms with E-state index in [1.165, 1.54) is 10.9 Å². The van der Waals surface area contributed by atoms with Gasteiger partial charge in [0.15, 0.2) is 0 Å². The predicted molar refractivity (Wildman–Crippen MR) is 74.5 cm³/mol. The fourth-order valence-corrected chi connectivity index (χ4v) is 1.64. The van der Waals surface area contributed by atoms with E-state index in [2.05, 4.69) is 27.4 Å². The number of rotatable bonds is 5. The van der Waals surface area contributed by atoms with Gasteiger partial charge in [0.05, 0.1) is 10.7 Å². The lowest BCUT2D eigenvalue weighted by molar-refractivity contribution is 0.816. The molecule has 0 aliphatic heterocycles. The summed E-state index contributed by atoms with van der Waals surface area (Å²) in [4.78, 5) is 19.7. The van der Waals surface area contributed by atoms with Crippen molar-refractivity contribution < 1.29 is 0 Å². The van der Waals surface area contributed by atoms with Crippen LogP contribution in [0.5, 0.6) is 0 Å². The molecule has 0 amide bonds. The third-order valence-corrected chi connectivity index (χ3v) is 2.58. The molecule has 0 aliphatic rings. The molecule has 98 valence electrons. The summed E-state index contributed by atoms with van der Waals surface area (Å²) in [5.41, 5.74) is 5.55. The zero-order valence-electron chi connectivity index (χ0n) is 10.0. The summed E-state index contributed by atoms with van der Waals surface area (Å²) in [6.45, 7) is 4.07. The second-order valence-corrected chi connectivity index (χ2v) is 3.99. The van der Waals surface area contributed by atoms with Gasteiger partial charge in [0.25, 0.3) is 0 Å². The van der Waals surface area contributed by atoms with Gasteiger partial charge in [0, 0.05) is 6.54 Å². The second-order valence-electron chi connectivity index (χ2n) is 3.58. The van der Waals surface area contributed by atoms with Crippen molar-refractivity contribution in [2.24, 2.45) is 0 Å². The second kappa shape index (κ2) is 6.12. The van der Waals surface area contributed by atoms with Crippen LogP contribution >= 0.6 is 11.6 Å². The Morgan fingerprint density at radius 1 is 1.42 bits per heavy atom. The maximum absolute atomic E-state index is 11.9. The summed E-state index contributed by atoms with van der Waals surface area (Å²) in [5.74, 6) is 0.190. The minimum Gasteiger partial charge on any atom is -0.289 e. The van der Waals surface area contributed by atoms with Crippen LogP contribution in [0, 0.1) is 0 Å². The molecule has 1 heterocycles. The number of hydrogen-bond donors (Lipinski definition) is 2. The van der Waals surface area contributed by atoms with E-state index in [-0.39, 0.29) is 5.95 Å². The van der Waals surface area contributed by atoms with Crippen LogP contribution in [0.15, 0.2) is 48.0 Å². The van der Waals surface area contributed by atoms with E-state index in [1.54, 1.807) is 30.3 Å². The molecule has 1 aromatic heterocycles. The van der Waals surface area contributed by atoms with Crippen LogP contribution in [-0.2, 0) is 0 Å².